The van der Waals surface area contributed by atoms with Crippen LogP contribution in [0.1, 0.15) is 0 Å². The van der Waals surface area contributed by atoms with Gasteiger partial charge in [-0.15, -0.1) is 13.2 Å². The van der Waals surface area contributed by atoms with E-state index in [1.54, 1.807) is 0 Å². The summed E-state index contributed by atoms with van der Waals surface area (Å²) in [6, 6.07) is 0. The molecule has 0 fully saturated rings. The normalized spacial score (nSPS) is 9.25. The van der Waals surface area contributed by atoms with Crippen LogP contribution in [0.3, 0.4) is 0 Å². The summed E-state index contributed by atoms with van der Waals surface area (Å²) in [7, 11) is -3.29. The van der Waals surface area contributed by atoms with Gasteiger partial charge in [-0.25, -0.2) is 0 Å². The van der Waals surface area contributed by atoms with Crippen molar-refractivity contribution in [3.8, 4) is 0 Å². The Morgan fingerprint density at radius 2 is 1.62 bits per heavy atom. The van der Waals surface area contributed by atoms with Gasteiger partial charge in [-0.2, -0.15) is 8.42 Å². The van der Waals surface area contributed by atoms with Gasteiger partial charge in [-0.1, -0.05) is 0 Å². The first-order valence-corrected chi connectivity index (χ1v) is 2.96. The van der Waals surface area contributed by atoms with E-state index in [4.69, 9.17) is 4.55 Å². The van der Waals surface area contributed by atoms with Gasteiger partial charge in [0.15, 0.2) is 0 Å². The molecule has 0 aliphatic rings. The van der Waals surface area contributed by atoms with Crippen molar-refractivity contribution in [3.05, 3.63) is 13.2 Å². The molecule has 0 heterocycles. The van der Waals surface area contributed by atoms with Gasteiger partial charge in [-0.3, -0.25) is 8.74 Å². The van der Waals surface area contributed by atoms with E-state index in [0.29, 0.717) is 0 Å². The summed E-state index contributed by atoms with van der Waals surface area (Å²) in [5.41, 5.74) is 0. The summed E-state index contributed by atoms with van der Waals surface area (Å²) in [5.74, 6) is 0. The minimum absolute atomic E-state index is 0.870. The van der Waals surface area contributed by atoms with E-state index < -0.39 is 10.4 Å². The highest BCUT2D eigenvalue weighted by molar-refractivity contribution is 7.80. The lowest BCUT2D eigenvalue weighted by Gasteiger charge is -1.82. The minimum atomic E-state index is -4.16. The molecule has 0 rings (SSSR count). The van der Waals surface area contributed by atoms with Crippen LogP contribution in [-0.2, 0) is 14.6 Å². The summed E-state index contributed by atoms with van der Waals surface area (Å²) < 4.78 is 29.7. The van der Waals surface area contributed by atoms with Crippen molar-refractivity contribution in [2.75, 3.05) is 7.11 Å². The number of hydrogen-bond acceptors (Lipinski definition) is 3. The summed E-state index contributed by atoms with van der Waals surface area (Å²) in [6.07, 6.45) is 0. The summed E-state index contributed by atoms with van der Waals surface area (Å²) in [4.78, 5) is 0. The van der Waals surface area contributed by atoms with Crippen LogP contribution in [0.5, 0.6) is 0 Å². The molecular formula is C3H8O4S. The van der Waals surface area contributed by atoms with Crippen LogP contribution >= 0.6 is 0 Å². The second-order valence-electron chi connectivity index (χ2n) is 0.594. The predicted molar refractivity (Wildman–Crippen MR) is 29.8 cm³/mol. The maximum absolute atomic E-state index is 9.33. The maximum atomic E-state index is 9.33. The Kier molecular flexibility index (Phi) is 6.29. The van der Waals surface area contributed by atoms with Gasteiger partial charge in [0.25, 0.3) is 0 Å². The standard InChI is InChI=1S/C2H4.CH4O4S/c1-2;1-5-6(2,3)4/h1-2H2;1H3,(H,2,3,4). The first-order chi connectivity index (χ1) is 3.56. The van der Waals surface area contributed by atoms with E-state index >= 15 is 0 Å². The second kappa shape index (κ2) is 4.76. The van der Waals surface area contributed by atoms with Gasteiger partial charge in [0.1, 0.15) is 0 Å². The fraction of sp³-hybridized carbons (Fsp3) is 0.333. The molecule has 1 N–H and O–H groups in total. The highest BCUT2D eigenvalue weighted by Crippen LogP contribution is 1.74. The van der Waals surface area contributed by atoms with Gasteiger partial charge >= 0.3 is 10.4 Å². The van der Waals surface area contributed by atoms with E-state index in [1.807, 2.05) is 0 Å². The van der Waals surface area contributed by atoms with E-state index in [2.05, 4.69) is 17.3 Å². The molecule has 8 heavy (non-hydrogen) atoms. The molecule has 0 radical (unpaired) electrons. The van der Waals surface area contributed by atoms with Crippen molar-refractivity contribution in [1.29, 1.82) is 0 Å². The third-order valence-corrected chi connectivity index (χ3v) is 0.632. The molecule has 50 valence electrons. The predicted octanol–water partition coefficient (Wildman–Crippen LogP) is 0.238. The van der Waals surface area contributed by atoms with E-state index in [0.717, 1.165) is 7.11 Å². The minimum Gasteiger partial charge on any atom is -0.264 e. The quantitative estimate of drug-likeness (QED) is 0.418. The fourth-order valence-corrected chi connectivity index (χ4v) is 0. The molecular weight excluding hydrogens is 132 g/mol. The maximum Gasteiger partial charge on any atom is 0.397 e. The third-order valence-electron chi connectivity index (χ3n) is 0.211. The average Bonchev–Trinajstić information content (AvgIpc) is 1.71. The zero-order valence-electron chi connectivity index (χ0n) is 4.49. The van der Waals surface area contributed by atoms with Crippen molar-refractivity contribution in [2.24, 2.45) is 0 Å². The molecule has 4 nitrogen and oxygen atoms in total. The molecule has 0 bridgehead atoms. The largest absolute Gasteiger partial charge is 0.397 e. The van der Waals surface area contributed by atoms with Crippen LogP contribution in [0.2, 0.25) is 0 Å². The Bertz CT molecular complexity index is 124. The fourth-order valence-electron chi connectivity index (χ4n) is 0. The van der Waals surface area contributed by atoms with Crippen LogP contribution in [0.25, 0.3) is 0 Å². The lowest BCUT2D eigenvalue weighted by Crippen LogP contribution is -1.96. The Morgan fingerprint density at radius 1 is 1.50 bits per heavy atom. The summed E-state index contributed by atoms with van der Waals surface area (Å²) >= 11 is 0. The Hall–Kier alpha value is -0.390. The van der Waals surface area contributed by atoms with Crippen molar-refractivity contribution in [1.82, 2.24) is 0 Å². The summed E-state index contributed by atoms with van der Waals surface area (Å²) in [5, 5.41) is 0. The Morgan fingerprint density at radius 3 is 1.62 bits per heavy atom. The van der Waals surface area contributed by atoms with Crippen LogP contribution in [0, 0.1) is 0 Å². The van der Waals surface area contributed by atoms with Gasteiger partial charge in [0.05, 0.1) is 7.11 Å². The monoisotopic (exact) mass is 140 g/mol. The topological polar surface area (TPSA) is 63.6 Å². The molecule has 0 amide bonds. The molecule has 0 unspecified atom stereocenters. The van der Waals surface area contributed by atoms with Crippen molar-refractivity contribution in [3.63, 3.8) is 0 Å². The average molecular weight is 140 g/mol. The van der Waals surface area contributed by atoms with Gasteiger partial charge < -0.3 is 0 Å². The lowest BCUT2D eigenvalue weighted by molar-refractivity contribution is 0.324. The van der Waals surface area contributed by atoms with Crippen molar-refractivity contribution >= 4 is 10.4 Å². The zero-order valence-corrected chi connectivity index (χ0v) is 5.31. The summed E-state index contributed by atoms with van der Waals surface area (Å²) in [6.45, 7) is 6.00. The number of rotatable bonds is 1. The molecule has 0 saturated carbocycles. The molecule has 0 aliphatic carbocycles. The zero-order chi connectivity index (χ0) is 7.21. The molecule has 0 spiro atoms. The lowest BCUT2D eigenvalue weighted by atomic mass is 11.3. The van der Waals surface area contributed by atoms with Crippen molar-refractivity contribution < 1.29 is 17.2 Å². The van der Waals surface area contributed by atoms with E-state index in [1.165, 1.54) is 0 Å². The van der Waals surface area contributed by atoms with Crippen LogP contribution in [-0.4, -0.2) is 20.1 Å². The molecule has 0 atom stereocenters. The van der Waals surface area contributed by atoms with E-state index in [-0.39, 0.29) is 0 Å². The van der Waals surface area contributed by atoms with E-state index in [9.17, 15) is 8.42 Å². The number of hydrogen-bond donors (Lipinski definition) is 1. The smallest absolute Gasteiger partial charge is 0.264 e. The van der Waals surface area contributed by atoms with Crippen LogP contribution < -0.4 is 0 Å². The molecule has 0 aromatic heterocycles. The molecule has 0 aromatic carbocycles. The van der Waals surface area contributed by atoms with Crippen LogP contribution in [0.15, 0.2) is 13.2 Å². The van der Waals surface area contributed by atoms with Gasteiger partial charge in [-0.05, 0) is 0 Å². The van der Waals surface area contributed by atoms with Crippen LogP contribution in [0.4, 0.5) is 0 Å². The Labute approximate surface area is 48.7 Å². The van der Waals surface area contributed by atoms with Crippen molar-refractivity contribution in [2.45, 2.75) is 0 Å². The molecule has 5 heteroatoms. The molecule has 0 aliphatic heterocycles. The Balaban J connectivity index is 0. The van der Waals surface area contributed by atoms with Gasteiger partial charge in [0.2, 0.25) is 0 Å². The highest BCUT2D eigenvalue weighted by atomic mass is 32.3. The first kappa shape index (κ1) is 10.6. The second-order valence-corrected chi connectivity index (χ2v) is 1.78. The SMILES string of the molecule is C=C.COS(=O)(=O)O. The molecule has 0 saturated heterocycles. The first-order valence-electron chi connectivity index (χ1n) is 1.59. The molecule has 0 aromatic rings. The highest BCUT2D eigenvalue weighted by Gasteiger charge is 1.93. The van der Waals surface area contributed by atoms with Gasteiger partial charge in [0, 0.05) is 0 Å². The third kappa shape index (κ3) is 17.5.